The Morgan fingerprint density at radius 3 is 2.04 bits per heavy atom. The molecule has 0 saturated heterocycles. The molecule has 0 amide bonds. The van der Waals surface area contributed by atoms with E-state index in [0.717, 1.165) is 44.4 Å². The fraction of sp³-hybridized carbons (Fsp3) is 0. The molecule has 5 heteroatoms. The van der Waals surface area contributed by atoms with Crippen LogP contribution >= 0.6 is 11.3 Å². The minimum atomic E-state index is 0.678. The van der Waals surface area contributed by atoms with Gasteiger partial charge in [0.25, 0.3) is 0 Å². The Hall–Kier alpha value is -5.78. The van der Waals surface area contributed by atoms with Crippen LogP contribution in [0.4, 0.5) is 0 Å². The lowest BCUT2D eigenvalue weighted by atomic mass is 10.0. The van der Waals surface area contributed by atoms with E-state index >= 15 is 0 Å². The first-order valence-corrected chi connectivity index (χ1v) is 16.0. The van der Waals surface area contributed by atoms with Crippen LogP contribution < -0.4 is 0 Å². The Balaban J connectivity index is 1.34. The first-order valence-electron chi connectivity index (χ1n) is 15.1. The van der Waals surface area contributed by atoms with Crippen molar-refractivity contribution < 1.29 is 0 Å². The van der Waals surface area contributed by atoms with Crippen LogP contribution in [-0.2, 0) is 0 Å². The second-order valence-electron chi connectivity index (χ2n) is 11.5. The van der Waals surface area contributed by atoms with Crippen LogP contribution in [0.25, 0.3) is 88.2 Å². The molecule has 0 saturated carbocycles. The standard InChI is InChI=1S/C40H24N4S/c1-2-12-26(13-3-1)43-34-19-8-6-15-28(34)29-17-10-18-31(39(29)43)38-32-23-45-24-33(32)41-40(42-38)44-35-20-9-7-16-30(35)37-27-14-5-4-11-25(27)21-22-36(37)44/h1-24H. The van der Waals surface area contributed by atoms with E-state index in [2.05, 4.69) is 153 Å². The molecule has 4 aromatic heterocycles. The average Bonchev–Trinajstić information content (AvgIpc) is 3.81. The van der Waals surface area contributed by atoms with Crippen molar-refractivity contribution in [2.24, 2.45) is 0 Å². The van der Waals surface area contributed by atoms with Gasteiger partial charge in [0.1, 0.15) is 0 Å². The summed E-state index contributed by atoms with van der Waals surface area (Å²) in [5.41, 5.74) is 8.63. The molecular weight excluding hydrogens is 569 g/mol. The summed E-state index contributed by atoms with van der Waals surface area (Å²) < 4.78 is 4.62. The van der Waals surface area contributed by atoms with Crippen LogP contribution in [-0.4, -0.2) is 19.1 Å². The van der Waals surface area contributed by atoms with Crippen LogP contribution in [0, 0.1) is 0 Å². The third-order valence-corrected chi connectivity index (χ3v) is 9.79. The lowest BCUT2D eigenvalue weighted by Crippen LogP contribution is -2.03. The van der Waals surface area contributed by atoms with Crippen molar-refractivity contribution in [3.05, 3.63) is 144 Å². The molecule has 10 rings (SSSR count). The first-order chi connectivity index (χ1) is 22.3. The van der Waals surface area contributed by atoms with Gasteiger partial charge in [-0.1, -0.05) is 103 Å². The Morgan fingerprint density at radius 1 is 0.467 bits per heavy atom. The molecule has 0 fully saturated rings. The van der Waals surface area contributed by atoms with E-state index in [1.165, 1.54) is 37.8 Å². The van der Waals surface area contributed by atoms with Crippen LogP contribution in [0.5, 0.6) is 0 Å². The zero-order valence-electron chi connectivity index (χ0n) is 24.1. The lowest BCUT2D eigenvalue weighted by molar-refractivity contribution is 1.02. The molecule has 10 aromatic rings. The molecule has 45 heavy (non-hydrogen) atoms. The number of aromatic nitrogens is 4. The van der Waals surface area contributed by atoms with E-state index in [1.807, 2.05) is 0 Å². The molecule has 0 aliphatic carbocycles. The van der Waals surface area contributed by atoms with E-state index in [-0.39, 0.29) is 0 Å². The van der Waals surface area contributed by atoms with Gasteiger partial charge < -0.3 is 4.57 Å². The van der Waals surface area contributed by atoms with Crippen molar-refractivity contribution in [2.45, 2.75) is 0 Å². The number of benzene rings is 6. The molecule has 0 atom stereocenters. The van der Waals surface area contributed by atoms with Gasteiger partial charge >= 0.3 is 0 Å². The number of hydrogen-bond donors (Lipinski definition) is 0. The highest BCUT2D eigenvalue weighted by Gasteiger charge is 2.22. The fourth-order valence-electron chi connectivity index (χ4n) is 7.16. The third kappa shape index (κ3) is 3.47. The molecule has 0 radical (unpaired) electrons. The van der Waals surface area contributed by atoms with Crippen molar-refractivity contribution in [3.8, 4) is 22.9 Å². The van der Waals surface area contributed by atoms with Crippen LogP contribution in [0.2, 0.25) is 0 Å². The van der Waals surface area contributed by atoms with Gasteiger partial charge in [-0.05, 0) is 41.1 Å². The molecule has 0 aliphatic rings. The van der Waals surface area contributed by atoms with Gasteiger partial charge in [-0.15, -0.1) is 11.3 Å². The second kappa shape index (κ2) is 9.36. The average molecular weight is 593 g/mol. The smallest absolute Gasteiger partial charge is 0.235 e. The van der Waals surface area contributed by atoms with Gasteiger partial charge in [-0.25, -0.2) is 9.97 Å². The maximum atomic E-state index is 5.47. The van der Waals surface area contributed by atoms with E-state index in [0.29, 0.717) is 5.95 Å². The van der Waals surface area contributed by atoms with Crippen LogP contribution in [0.3, 0.4) is 0 Å². The van der Waals surface area contributed by atoms with E-state index in [4.69, 9.17) is 9.97 Å². The summed E-state index contributed by atoms with van der Waals surface area (Å²) in [6.45, 7) is 0. The fourth-order valence-corrected chi connectivity index (χ4v) is 7.91. The van der Waals surface area contributed by atoms with E-state index in [1.54, 1.807) is 11.3 Å². The SMILES string of the molecule is c1ccc(-n2c3ccccc3c3cccc(-c4nc(-n5c6ccccc6c6c7ccccc7ccc65)nc5cscc45)c32)cc1. The van der Waals surface area contributed by atoms with E-state index in [9.17, 15) is 0 Å². The van der Waals surface area contributed by atoms with Gasteiger partial charge in [0, 0.05) is 48.9 Å². The van der Waals surface area contributed by atoms with Gasteiger partial charge in [-0.3, -0.25) is 4.57 Å². The third-order valence-electron chi connectivity index (χ3n) is 9.06. The predicted molar refractivity (Wildman–Crippen MR) is 189 cm³/mol. The summed E-state index contributed by atoms with van der Waals surface area (Å²) in [6.07, 6.45) is 0. The number of fused-ring (bicyclic) bond motifs is 9. The van der Waals surface area contributed by atoms with E-state index < -0.39 is 0 Å². The maximum absolute atomic E-state index is 5.47. The largest absolute Gasteiger partial charge is 0.309 e. The van der Waals surface area contributed by atoms with Crippen molar-refractivity contribution in [1.29, 1.82) is 0 Å². The predicted octanol–water partition coefficient (Wildman–Crippen LogP) is 10.7. The monoisotopic (exact) mass is 592 g/mol. The molecule has 4 nitrogen and oxygen atoms in total. The minimum absolute atomic E-state index is 0.678. The minimum Gasteiger partial charge on any atom is -0.309 e. The zero-order chi connectivity index (χ0) is 29.5. The van der Waals surface area contributed by atoms with Crippen LogP contribution in [0.15, 0.2) is 144 Å². The quantitative estimate of drug-likeness (QED) is 0.205. The van der Waals surface area contributed by atoms with Crippen molar-refractivity contribution in [1.82, 2.24) is 19.1 Å². The summed E-state index contributed by atoms with van der Waals surface area (Å²) in [7, 11) is 0. The number of rotatable bonds is 3. The van der Waals surface area contributed by atoms with Crippen molar-refractivity contribution in [2.75, 3.05) is 0 Å². The summed E-state index contributed by atoms with van der Waals surface area (Å²) in [5, 5.41) is 12.7. The molecule has 0 N–H and O–H groups in total. The summed E-state index contributed by atoms with van der Waals surface area (Å²) in [6, 6.07) is 47.5. The number of thiophene rings is 1. The maximum Gasteiger partial charge on any atom is 0.235 e. The Labute approximate surface area is 262 Å². The molecule has 0 aliphatic heterocycles. The van der Waals surface area contributed by atoms with Gasteiger partial charge in [0.15, 0.2) is 0 Å². The summed E-state index contributed by atoms with van der Waals surface area (Å²) >= 11 is 1.67. The number of hydrogen-bond acceptors (Lipinski definition) is 3. The highest BCUT2D eigenvalue weighted by atomic mass is 32.1. The lowest BCUT2D eigenvalue weighted by Gasteiger charge is -2.13. The molecule has 0 spiro atoms. The van der Waals surface area contributed by atoms with Crippen molar-refractivity contribution in [3.63, 3.8) is 0 Å². The number of nitrogens with zero attached hydrogens (tertiary/aromatic N) is 4. The Morgan fingerprint density at radius 2 is 1.18 bits per heavy atom. The molecule has 6 aromatic carbocycles. The number of para-hydroxylation sites is 4. The summed E-state index contributed by atoms with van der Waals surface area (Å²) in [5.74, 6) is 0.678. The Bertz CT molecular complexity index is 2770. The van der Waals surface area contributed by atoms with Crippen LogP contribution in [0.1, 0.15) is 0 Å². The summed E-state index contributed by atoms with van der Waals surface area (Å²) in [4.78, 5) is 10.7. The zero-order valence-corrected chi connectivity index (χ0v) is 24.9. The van der Waals surface area contributed by atoms with Gasteiger partial charge in [0.2, 0.25) is 5.95 Å². The highest BCUT2D eigenvalue weighted by Crippen LogP contribution is 2.41. The molecule has 4 heterocycles. The van der Waals surface area contributed by atoms with Crippen molar-refractivity contribution >= 4 is 76.6 Å². The van der Waals surface area contributed by atoms with Gasteiger partial charge in [-0.2, -0.15) is 0 Å². The first kappa shape index (κ1) is 24.6. The highest BCUT2D eigenvalue weighted by molar-refractivity contribution is 7.09. The topological polar surface area (TPSA) is 35.6 Å². The Kier molecular flexibility index (Phi) is 5.12. The molecule has 210 valence electrons. The molecular formula is C40H24N4S. The molecule has 0 bridgehead atoms. The molecule has 0 unspecified atom stereocenters. The second-order valence-corrected chi connectivity index (χ2v) is 12.2. The van der Waals surface area contributed by atoms with Gasteiger partial charge in [0.05, 0.1) is 33.3 Å². The normalized spacial score (nSPS) is 12.0.